The highest BCUT2D eigenvalue weighted by atomic mass is 35.5. The molecule has 0 rings (SSSR count). The summed E-state index contributed by atoms with van der Waals surface area (Å²) in [6.45, 7) is 19.2. The van der Waals surface area contributed by atoms with Crippen molar-refractivity contribution in [2.24, 2.45) is 5.92 Å². The molecule has 0 radical (unpaired) electrons. The van der Waals surface area contributed by atoms with Crippen LogP contribution in [0.1, 0.15) is 33.1 Å². The van der Waals surface area contributed by atoms with Gasteiger partial charge in [-0.05, 0) is 24.0 Å². The molecular weight excluding hydrogens is 271 g/mol. The SMILES string of the molecule is C=C/C(Cl)=C(/F)C(=C)C(=C)/C=C\C(=C)C(C)CCCC. The molecule has 20 heavy (non-hydrogen) atoms. The Morgan fingerprint density at radius 3 is 2.35 bits per heavy atom. The summed E-state index contributed by atoms with van der Waals surface area (Å²) in [5.41, 5.74) is 1.65. The third-order valence-electron chi connectivity index (χ3n) is 3.16. The number of hydrogen-bond acceptors (Lipinski definition) is 0. The fourth-order valence-corrected chi connectivity index (χ4v) is 1.66. The summed E-state index contributed by atoms with van der Waals surface area (Å²) in [4.78, 5) is 0. The van der Waals surface area contributed by atoms with Crippen LogP contribution < -0.4 is 0 Å². The lowest BCUT2D eigenvalue weighted by Gasteiger charge is -2.11. The smallest absolute Gasteiger partial charge is 0.148 e. The van der Waals surface area contributed by atoms with Crippen LogP contribution in [0.4, 0.5) is 4.39 Å². The van der Waals surface area contributed by atoms with Crippen LogP contribution in [0, 0.1) is 5.92 Å². The molecule has 0 amide bonds. The van der Waals surface area contributed by atoms with Crippen molar-refractivity contribution in [3.63, 3.8) is 0 Å². The van der Waals surface area contributed by atoms with E-state index in [2.05, 4.69) is 40.2 Å². The predicted octanol–water partition coefficient (Wildman–Crippen LogP) is 6.64. The van der Waals surface area contributed by atoms with E-state index >= 15 is 0 Å². The molecule has 0 fully saturated rings. The van der Waals surface area contributed by atoms with Crippen molar-refractivity contribution >= 4 is 11.6 Å². The first kappa shape index (κ1) is 18.7. The molecule has 0 saturated carbocycles. The van der Waals surface area contributed by atoms with Gasteiger partial charge in [0.25, 0.3) is 0 Å². The summed E-state index contributed by atoms with van der Waals surface area (Å²) in [5, 5.41) is -0.0558. The molecule has 2 heteroatoms. The summed E-state index contributed by atoms with van der Waals surface area (Å²) in [6.07, 6.45) is 8.27. The molecule has 0 aromatic carbocycles. The normalized spacial score (nSPS) is 13.8. The topological polar surface area (TPSA) is 0 Å². The van der Waals surface area contributed by atoms with Gasteiger partial charge in [-0.15, -0.1) is 0 Å². The van der Waals surface area contributed by atoms with E-state index < -0.39 is 5.83 Å². The molecule has 0 aliphatic rings. The predicted molar refractivity (Wildman–Crippen MR) is 89.4 cm³/mol. The highest BCUT2D eigenvalue weighted by Gasteiger charge is 2.08. The lowest BCUT2D eigenvalue weighted by molar-refractivity contribution is 0.582. The Morgan fingerprint density at radius 2 is 1.85 bits per heavy atom. The van der Waals surface area contributed by atoms with E-state index in [4.69, 9.17) is 11.6 Å². The molecule has 0 nitrogen and oxygen atoms in total. The maximum absolute atomic E-state index is 13.8. The molecule has 0 aromatic heterocycles. The van der Waals surface area contributed by atoms with Crippen molar-refractivity contribution < 1.29 is 4.39 Å². The standard InChI is InChI=1S/C18H24ClF/c1-7-9-10-13(3)14(4)11-12-15(5)16(6)18(20)17(19)8-2/h8,11-13H,2,4-7,9-10H2,1,3H3/b12-11-,18-17-. The third-order valence-corrected chi connectivity index (χ3v) is 3.48. The zero-order valence-corrected chi connectivity index (χ0v) is 13.3. The van der Waals surface area contributed by atoms with Gasteiger partial charge in [0.05, 0.1) is 5.03 Å². The fraction of sp³-hybridized carbons (Fsp3) is 0.333. The fourth-order valence-electron chi connectivity index (χ4n) is 1.54. The molecule has 0 bridgehead atoms. The number of halogens is 2. The first-order chi connectivity index (χ1) is 9.34. The molecule has 0 spiro atoms. The Hall–Kier alpha value is -1.34. The minimum atomic E-state index is -0.596. The number of allylic oxidation sites excluding steroid dienone is 8. The largest absolute Gasteiger partial charge is 0.205 e. The summed E-state index contributed by atoms with van der Waals surface area (Å²) in [7, 11) is 0. The van der Waals surface area contributed by atoms with Gasteiger partial charge in [-0.2, -0.15) is 0 Å². The highest BCUT2D eigenvalue weighted by Crippen LogP contribution is 2.25. The maximum atomic E-state index is 13.8. The molecular formula is C18H24ClF. The van der Waals surface area contributed by atoms with E-state index in [-0.39, 0.29) is 10.6 Å². The van der Waals surface area contributed by atoms with Gasteiger partial charge in [0.1, 0.15) is 5.83 Å². The highest BCUT2D eigenvalue weighted by molar-refractivity contribution is 6.31. The van der Waals surface area contributed by atoms with Crippen molar-refractivity contribution in [2.75, 3.05) is 0 Å². The second-order valence-corrected chi connectivity index (χ2v) is 5.23. The van der Waals surface area contributed by atoms with E-state index in [1.807, 2.05) is 6.08 Å². The van der Waals surface area contributed by atoms with Gasteiger partial charge in [0.2, 0.25) is 0 Å². The number of rotatable bonds is 9. The zero-order valence-electron chi connectivity index (χ0n) is 12.5. The van der Waals surface area contributed by atoms with Gasteiger partial charge in [-0.25, -0.2) is 4.39 Å². The molecule has 0 heterocycles. The van der Waals surface area contributed by atoms with Crippen LogP contribution in [0.3, 0.4) is 0 Å². The Kier molecular flexibility index (Phi) is 8.91. The summed E-state index contributed by atoms with van der Waals surface area (Å²) in [6, 6.07) is 0. The van der Waals surface area contributed by atoms with Crippen LogP contribution in [0.15, 0.2) is 72.1 Å². The molecule has 1 unspecified atom stereocenters. The Balaban J connectivity index is 4.68. The van der Waals surface area contributed by atoms with E-state index in [0.717, 1.165) is 12.0 Å². The molecule has 110 valence electrons. The first-order valence-corrected chi connectivity index (χ1v) is 7.16. The Morgan fingerprint density at radius 1 is 1.25 bits per heavy atom. The van der Waals surface area contributed by atoms with Gasteiger partial charge in [-0.3, -0.25) is 0 Å². The van der Waals surface area contributed by atoms with Crippen LogP contribution in [0.2, 0.25) is 0 Å². The minimum absolute atomic E-state index is 0.0558. The van der Waals surface area contributed by atoms with E-state index in [9.17, 15) is 4.39 Å². The van der Waals surface area contributed by atoms with Crippen LogP contribution in [0.5, 0.6) is 0 Å². The summed E-state index contributed by atoms with van der Waals surface area (Å²) >= 11 is 5.67. The molecule has 0 aliphatic heterocycles. The third kappa shape index (κ3) is 6.21. The van der Waals surface area contributed by atoms with Crippen molar-refractivity contribution in [3.8, 4) is 0 Å². The lowest BCUT2D eigenvalue weighted by atomic mass is 9.95. The van der Waals surface area contributed by atoms with Crippen LogP contribution in [-0.4, -0.2) is 0 Å². The summed E-state index contributed by atoms with van der Waals surface area (Å²) < 4.78 is 13.8. The van der Waals surface area contributed by atoms with Crippen LogP contribution in [0.25, 0.3) is 0 Å². The lowest BCUT2D eigenvalue weighted by Crippen LogP contribution is -1.96. The Labute approximate surface area is 127 Å². The van der Waals surface area contributed by atoms with E-state index in [0.29, 0.717) is 11.5 Å². The van der Waals surface area contributed by atoms with Crippen molar-refractivity contribution in [1.29, 1.82) is 0 Å². The van der Waals surface area contributed by atoms with Gasteiger partial charge >= 0.3 is 0 Å². The zero-order chi connectivity index (χ0) is 15.7. The molecule has 0 N–H and O–H groups in total. The van der Waals surface area contributed by atoms with E-state index in [1.165, 1.54) is 18.9 Å². The Bertz CT molecular complexity index is 452. The van der Waals surface area contributed by atoms with Crippen molar-refractivity contribution in [1.82, 2.24) is 0 Å². The molecule has 1 atom stereocenters. The number of hydrogen-bond donors (Lipinski definition) is 0. The van der Waals surface area contributed by atoms with Gasteiger partial charge in [-0.1, -0.05) is 82.3 Å². The van der Waals surface area contributed by atoms with E-state index in [1.54, 1.807) is 6.08 Å². The quantitative estimate of drug-likeness (QED) is 0.418. The molecule has 0 saturated heterocycles. The molecule has 0 aliphatic carbocycles. The van der Waals surface area contributed by atoms with Gasteiger partial charge in [0, 0.05) is 5.57 Å². The minimum Gasteiger partial charge on any atom is -0.205 e. The van der Waals surface area contributed by atoms with Gasteiger partial charge < -0.3 is 0 Å². The van der Waals surface area contributed by atoms with Crippen LogP contribution >= 0.6 is 11.6 Å². The first-order valence-electron chi connectivity index (χ1n) is 6.78. The monoisotopic (exact) mass is 294 g/mol. The van der Waals surface area contributed by atoms with Crippen molar-refractivity contribution in [3.05, 3.63) is 72.1 Å². The van der Waals surface area contributed by atoms with Crippen LogP contribution in [-0.2, 0) is 0 Å². The second-order valence-electron chi connectivity index (χ2n) is 4.82. The average Bonchev–Trinajstić information content (AvgIpc) is 2.46. The molecule has 0 aromatic rings. The second kappa shape index (κ2) is 9.55. The maximum Gasteiger partial charge on any atom is 0.148 e. The van der Waals surface area contributed by atoms with Crippen molar-refractivity contribution in [2.45, 2.75) is 33.1 Å². The average molecular weight is 295 g/mol. The summed E-state index contributed by atoms with van der Waals surface area (Å²) in [5.74, 6) is -0.189. The van der Waals surface area contributed by atoms with Gasteiger partial charge in [0.15, 0.2) is 0 Å². The number of unbranched alkanes of at least 4 members (excludes halogenated alkanes) is 1.